The Morgan fingerprint density at radius 3 is 2.67 bits per heavy atom. The average Bonchev–Trinajstić information content (AvgIpc) is 2.44. The van der Waals surface area contributed by atoms with Crippen molar-refractivity contribution in [3.63, 3.8) is 0 Å². The summed E-state index contributed by atoms with van der Waals surface area (Å²) in [5.74, 6) is 0. The first-order valence-electron chi connectivity index (χ1n) is 6.01. The molecule has 0 aliphatic carbocycles. The van der Waals surface area contributed by atoms with Gasteiger partial charge in [-0.05, 0) is 0 Å². The normalized spacial score (nSPS) is 40.2. The van der Waals surface area contributed by atoms with Gasteiger partial charge in [0.05, 0.1) is 13.2 Å². The van der Waals surface area contributed by atoms with Crippen molar-refractivity contribution in [1.29, 1.82) is 0 Å². The summed E-state index contributed by atoms with van der Waals surface area (Å²) in [6, 6.07) is 9.38. The highest BCUT2D eigenvalue weighted by Gasteiger charge is 2.45. The van der Waals surface area contributed by atoms with Crippen LogP contribution in [0.3, 0.4) is 0 Å². The molecule has 2 aliphatic heterocycles. The van der Waals surface area contributed by atoms with Crippen molar-refractivity contribution in [3.05, 3.63) is 35.9 Å². The maximum absolute atomic E-state index is 13.4. The van der Waals surface area contributed by atoms with E-state index in [1.807, 2.05) is 30.3 Å². The third kappa shape index (κ3) is 2.14. The molecule has 0 amide bonds. The number of aliphatic hydroxyl groups excluding tert-OH is 1. The Hall–Kier alpha value is -1.01. The molecule has 0 saturated carbocycles. The van der Waals surface area contributed by atoms with Crippen LogP contribution >= 0.6 is 0 Å². The predicted octanol–water partition coefficient (Wildman–Crippen LogP) is 1.20. The minimum Gasteiger partial charge on any atom is -0.387 e. The van der Waals surface area contributed by atoms with Crippen LogP contribution in [0.1, 0.15) is 11.9 Å². The molecule has 2 aliphatic rings. The monoisotopic (exact) mass is 254 g/mol. The molecule has 0 spiro atoms. The molecular weight excluding hydrogens is 239 g/mol. The molecule has 5 heteroatoms. The average molecular weight is 254 g/mol. The van der Waals surface area contributed by atoms with E-state index in [0.29, 0.717) is 6.61 Å². The molecule has 2 heterocycles. The van der Waals surface area contributed by atoms with Crippen LogP contribution in [-0.4, -0.2) is 42.8 Å². The molecule has 1 aromatic carbocycles. The number of hydrogen-bond acceptors (Lipinski definition) is 4. The first-order valence-corrected chi connectivity index (χ1v) is 6.01. The van der Waals surface area contributed by atoms with Gasteiger partial charge in [-0.2, -0.15) is 0 Å². The van der Waals surface area contributed by atoms with Crippen LogP contribution in [0.15, 0.2) is 30.3 Å². The lowest BCUT2D eigenvalue weighted by molar-refractivity contribution is -0.308. The summed E-state index contributed by atoms with van der Waals surface area (Å²) in [7, 11) is 0. The van der Waals surface area contributed by atoms with E-state index in [9.17, 15) is 9.50 Å². The lowest BCUT2D eigenvalue weighted by Crippen LogP contribution is -2.57. The molecule has 2 saturated heterocycles. The fourth-order valence-electron chi connectivity index (χ4n) is 2.29. The van der Waals surface area contributed by atoms with Crippen LogP contribution in [-0.2, 0) is 14.2 Å². The van der Waals surface area contributed by atoms with E-state index in [2.05, 4.69) is 0 Å². The number of rotatable bonds is 1. The molecule has 1 N–H and O–H groups in total. The standard InChI is InChI=1S/C13H15FO4/c14-9-6-16-10-7-17-13(18-12(10)11(9)15)8-4-2-1-3-5-8/h1-5,9-13,15H,6-7H2. The van der Waals surface area contributed by atoms with Crippen LogP contribution in [0.4, 0.5) is 4.39 Å². The van der Waals surface area contributed by atoms with Crippen LogP contribution in [0.25, 0.3) is 0 Å². The highest BCUT2D eigenvalue weighted by molar-refractivity contribution is 5.16. The summed E-state index contributed by atoms with van der Waals surface area (Å²) in [6.07, 6.45) is -4.20. The number of benzene rings is 1. The Balaban J connectivity index is 1.75. The van der Waals surface area contributed by atoms with Gasteiger partial charge in [-0.1, -0.05) is 30.3 Å². The minimum absolute atomic E-state index is 0.106. The van der Waals surface area contributed by atoms with Crippen LogP contribution in [0.2, 0.25) is 0 Å². The summed E-state index contributed by atoms with van der Waals surface area (Å²) < 4.78 is 29.8. The molecule has 1 aromatic rings. The van der Waals surface area contributed by atoms with Gasteiger partial charge in [0.1, 0.15) is 18.3 Å². The number of aliphatic hydroxyl groups is 1. The molecule has 5 unspecified atom stereocenters. The number of hydrogen-bond donors (Lipinski definition) is 1. The van der Waals surface area contributed by atoms with Crippen molar-refractivity contribution in [2.75, 3.05) is 13.2 Å². The van der Waals surface area contributed by atoms with Gasteiger partial charge in [0, 0.05) is 5.56 Å². The molecule has 5 atom stereocenters. The fourth-order valence-corrected chi connectivity index (χ4v) is 2.29. The van der Waals surface area contributed by atoms with Gasteiger partial charge in [0.15, 0.2) is 12.5 Å². The number of alkyl halides is 1. The molecule has 2 fully saturated rings. The smallest absolute Gasteiger partial charge is 0.184 e. The van der Waals surface area contributed by atoms with Gasteiger partial charge in [-0.25, -0.2) is 4.39 Å². The van der Waals surface area contributed by atoms with Gasteiger partial charge in [0.25, 0.3) is 0 Å². The van der Waals surface area contributed by atoms with Crippen LogP contribution in [0.5, 0.6) is 0 Å². The lowest BCUT2D eigenvalue weighted by Gasteiger charge is -2.42. The fraction of sp³-hybridized carbons (Fsp3) is 0.538. The van der Waals surface area contributed by atoms with Gasteiger partial charge in [0.2, 0.25) is 0 Å². The Labute approximate surface area is 104 Å². The van der Waals surface area contributed by atoms with Crippen LogP contribution in [0, 0.1) is 0 Å². The third-order valence-corrected chi connectivity index (χ3v) is 3.31. The number of fused-ring (bicyclic) bond motifs is 1. The zero-order chi connectivity index (χ0) is 12.5. The number of halogens is 1. The van der Waals surface area contributed by atoms with Crippen molar-refractivity contribution < 1.29 is 23.7 Å². The molecule has 3 rings (SSSR count). The molecule has 4 nitrogen and oxygen atoms in total. The van der Waals surface area contributed by atoms with E-state index in [4.69, 9.17) is 14.2 Å². The van der Waals surface area contributed by atoms with Crippen molar-refractivity contribution in [2.24, 2.45) is 0 Å². The van der Waals surface area contributed by atoms with E-state index in [0.717, 1.165) is 5.56 Å². The van der Waals surface area contributed by atoms with Crippen molar-refractivity contribution >= 4 is 0 Å². The van der Waals surface area contributed by atoms with Gasteiger partial charge < -0.3 is 19.3 Å². The summed E-state index contributed by atoms with van der Waals surface area (Å²) in [5.41, 5.74) is 0.851. The van der Waals surface area contributed by atoms with E-state index < -0.39 is 30.8 Å². The van der Waals surface area contributed by atoms with E-state index in [1.165, 1.54) is 0 Å². The van der Waals surface area contributed by atoms with Crippen molar-refractivity contribution in [1.82, 2.24) is 0 Å². The largest absolute Gasteiger partial charge is 0.387 e. The summed E-state index contributed by atoms with van der Waals surface area (Å²) in [6.45, 7) is 0.194. The van der Waals surface area contributed by atoms with Gasteiger partial charge in [-0.3, -0.25) is 0 Å². The first kappa shape index (κ1) is 12.0. The summed E-state index contributed by atoms with van der Waals surface area (Å²) in [4.78, 5) is 0. The SMILES string of the molecule is OC1C(F)COC2COC(c3ccccc3)OC21. The lowest BCUT2D eigenvalue weighted by atomic mass is 10.00. The Kier molecular flexibility index (Phi) is 3.30. The van der Waals surface area contributed by atoms with E-state index in [1.54, 1.807) is 0 Å². The second-order valence-corrected chi connectivity index (χ2v) is 4.56. The molecule has 0 bridgehead atoms. The topological polar surface area (TPSA) is 47.9 Å². The molecule has 18 heavy (non-hydrogen) atoms. The Bertz CT molecular complexity index is 397. The second kappa shape index (κ2) is 4.93. The molecule has 98 valence electrons. The Morgan fingerprint density at radius 1 is 1.11 bits per heavy atom. The summed E-state index contributed by atoms with van der Waals surface area (Å²) >= 11 is 0. The highest BCUT2D eigenvalue weighted by Crippen LogP contribution is 2.32. The predicted molar refractivity (Wildman–Crippen MR) is 60.7 cm³/mol. The van der Waals surface area contributed by atoms with E-state index >= 15 is 0 Å². The Morgan fingerprint density at radius 2 is 1.89 bits per heavy atom. The highest BCUT2D eigenvalue weighted by atomic mass is 19.1. The molecule has 0 radical (unpaired) electrons. The third-order valence-electron chi connectivity index (χ3n) is 3.31. The van der Waals surface area contributed by atoms with E-state index in [-0.39, 0.29) is 6.61 Å². The van der Waals surface area contributed by atoms with Gasteiger partial charge in [-0.15, -0.1) is 0 Å². The van der Waals surface area contributed by atoms with Crippen LogP contribution < -0.4 is 0 Å². The molecule has 0 aromatic heterocycles. The molecular formula is C13H15FO4. The van der Waals surface area contributed by atoms with Crippen molar-refractivity contribution in [2.45, 2.75) is 30.8 Å². The maximum Gasteiger partial charge on any atom is 0.184 e. The minimum atomic E-state index is -1.40. The maximum atomic E-state index is 13.4. The zero-order valence-electron chi connectivity index (χ0n) is 9.74. The van der Waals surface area contributed by atoms with Crippen molar-refractivity contribution in [3.8, 4) is 0 Å². The summed E-state index contributed by atoms with van der Waals surface area (Å²) in [5, 5.41) is 9.80. The first-order chi connectivity index (χ1) is 8.75. The zero-order valence-corrected chi connectivity index (χ0v) is 9.74. The number of ether oxygens (including phenoxy) is 3. The second-order valence-electron chi connectivity index (χ2n) is 4.56. The quantitative estimate of drug-likeness (QED) is 0.818. The van der Waals surface area contributed by atoms with Gasteiger partial charge >= 0.3 is 0 Å².